The fraction of sp³-hybridized carbons (Fsp3) is 0.467. The van der Waals surface area contributed by atoms with E-state index >= 15 is 0 Å². The Bertz CT molecular complexity index is 645. The Morgan fingerprint density at radius 1 is 1.10 bits per heavy atom. The average Bonchev–Trinajstić information content (AvgIpc) is 2.93. The van der Waals surface area contributed by atoms with Crippen LogP contribution in [0.25, 0.3) is 10.9 Å². The lowest BCUT2D eigenvalue weighted by atomic mass is 10.1. The molecule has 2 aliphatic heterocycles. The van der Waals surface area contributed by atoms with Crippen molar-refractivity contribution in [2.45, 2.75) is 18.9 Å². The van der Waals surface area contributed by atoms with E-state index in [1.165, 1.54) is 19.4 Å². The van der Waals surface area contributed by atoms with Crippen LogP contribution in [0.15, 0.2) is 24.3 Å². The summed E-state index contributed by atoms with van der Waals surface area (Å²) in [5.41, 5.74) is 0.927. The van der Waals surface area contributed by atoms with Gasteiger partial charge in [-0.3, -0.25) is 4.90 Å². The van der Waals surface area contributed by atoms with E-state index in [9.17, 15) is 0 Å². The van der Waals surface area contributed by atoms with Crippen LogP contribution < -0.4 is 4.90 Å². The van der Waals surface area contributed by atoms with Gasteiger partial charge in [0.2, 0.25) is 5.28 Å². The third-order valence-corrected chi connectivity index (χ3v) is 4.61. The number of hydrogen-bond donors (Lipinski definition) is 0. The molecule has 2 fully saturated rings. The molecule has 20 heavy (non-hydrogen) atoms. The number of halogens is 1. The predicted octanol–water partition coefficient (Wildman–Crippen LogP) is 2.57. The van der Waals surface area contributed by atoms with Crippen molar-refractivity contribution in [2.75, 3.05) is 31.1 Å². The number of piperazine rings is 1. The molecule has 0 N–H and O–H groups in total. The van der Waals surface area contributed by atoms with E-state index in [4.69, 9.17) is 11.6 Å². The summed E-state index contributed by atoms with van der Waals surface area (Å²) >= 11 is 6.10. The number of hydrogen-bond acceptors (Lipinski definition) is 4. The van der Waals surface area contributed by atoms with Crippen molar-refractivity contribution in [1.82, 2.24) is 14.9 Å². The van der Waals surface area contributed by atoms with Crippen molar-refractivity contribution in [2.24, 2.45) is 0 Å². The van der Waals surface area contributed by atoms with E-state index in [2.05, 4.69) is 25.8 Å². The first-order valence-corrected chi connectivity index (χ1v) is 7.60. The summed E-state index contributed by atoms with van der Waals surface area (Å²) in [5.74, 6) is 0.993. The van der Waals surface area contributed by atoms with E-state index in [-0.39, 0.29) is 0 Å². The van der Waals surface area contributed by atoms with Crippen LogP contribution in [-0.4, -0.2) is 47.1 Å². The number of rotatable bonds is 1. The number of benzene rings is 1. The van der Waals surface area contributed by atoms with Crippen LogP contribution in [0.2, 0.25) is 5.28 Å². The first-order valence-electron chi connectivity index (χ1n) is 7.22. The van der Waals surface area contributed by atoms with E-state index in [1.807, 2.05) is 18.2 Å². The molecule has 1 unspecified atom stereocenters. The molecule has 0 saturated carbocycles. The number of fused-ring (bicyclic) bond motifs is 2. The van der Waals surface area contributed by atoms with Crippen LogP contribution in [0.5, 0.6) is 0 Å². The Hall–Kier alpha value is -1.39. The molecular weight excluding hydrogens is 272 g/mol. The van der Waals surface area contributed by atoms with Crippen molar-refractivity contribution < 1.29 is 0 Å². The Morgan fingerprint density at radius 3 is 2.95 bits per heavy atom. The summed E-state index contributed by atoms with van der Waals surface area (Å²) in [6.45, 7) is 4.45. The largest absolute Gasteiger partial charge is 0.353 e. The van der Waals surface area contributed by atoms with Crippen LogP contribution in [0.4, 0.5) is 5.82 Å². The molecular formula is C15H17ClN4. The third-order valence-electron chi connectivity index (χ3n) is 4.44. The maximum atomic E-state index is 6.10. The number of para-hydroxylation sites is 1. The van der Waals surface area contributed by atoms with Gasteiger partial charge in [-0.25, -0.2) is 4.98 Å². The molecule has 5 heteroatoms. The second kappa shape index (κ2) is 4.86. The Labute approximate surface area is 123 Å². The van der Waals surface area contributed by atoms with Gasteiger partial charge in [0.25, 0.3) is 0 Å². The van der Waals surface area contributed by atoms with Gasteiger partial charge >= 0.3 is 0 Å². The smallest absolute Gasteiger partial charge is 0.224 e. The van der Waals surface area contributed by atoms with E-state index in [0.29, 0.717) is 11.3 Å². The molecule has 104 valence electrons. The van der Waals surface area contributed by atoms with E-state index in [0.717, 1.165) is 36.4 Å². The highest BCUT2D eigenvalue weighted by Crippen LogP contribution is 2.29. The summed E-state index contributed by atoms with van der Waals surface area (Å²) < 4.78 is 0. The Morgan fingerprint density at radius 2 is 2.00 bits per heavy atom. The number of aromatic nitrogens is 2. The lowest BCUT2D eigenvalue weighted by molar-refractivity contribution is 0.230. The highest BCUT2D eigenvalue weighted by Gasteiger charge is 2.31. The Balaban J connectivity index is 1.74. The van der Waals surface area contributed by atoms with Gasteiger partial charge in [0, 0.05) is 31.1 Å². The predicted molar refractivity (Wildman–Crippen MR) is 81.4 cm³/mol. The molecule has 2 aromatic rings. The van der Waals surface area contributed by atoms with Gasteiger partial charge in [-0.15, -0.1) is 0 Å². The van der Waals surface area contributed by atoms with Gasteiger partial charge in [-0.2, -0.15) is 4.98 Å². The topological polar surface area (TPSA) is 32.3 Å². The molecule has 4 nitrogen and oxygen atoms in total. The van der Waals surface area contributed by atoms with Crippen molar-refractivity contribution in [1.29, 1.82) is 0 Å². The second-order valence-electron chi connectivity index (χ2n) is 5.61. The zero-order valence-electron chi connectivity index (χ0n) is 11.3. The molecule has 1 aromatic carbocycles. The van der Waals surface area contributed by atoms with Crippen molar-refractivity contribution in [3.8, 4) is 0 Å². The average molecular weight is 289 g/mol. The van der Waals surface area contributed by atoms with Crippen LogP contribution in [0.1, 0.15) is 12.8 Å². The monoisotopic (exact) mass is 288 g/mol. The van der Waals surface area contributed by atoms with E-state index < -0.39 is 0 Å². The van der Waals surface area contributed by atoms with Crippen LogP contribution in [-0.2, 0) is 0 Å². The molecule has 2 saturated heterocycles. The molecule has 2 aliphatic rings. The highest BCUT2D eigenvalue weighted by atomic mass is 35.5. The number of nitrogens with zero attached hydrogens (tertiary/aromatic N) is 4. The van der Waals surface area contributed by atoms with Gasteiger partial charge in [-0.1, -0.05) is 12.1 Å². The van der Waals surface area contributed by atoms with Gasteiger partial charge in [0.05, 0.1) is 5.52 Å². The van der Waals surface area contributed by atoms with Gasteiger partial charge in [0.15, 0.2) is 0 Å². The third kappa shape index (κ3) is 2.03. The minimum atomic E-state index is 0.340. The normalized spacial score (nSPS) is 23.2. The van der Waals surface area contributed by atoms with Crippen molar-refractivity contribution >= 4 is 28.3 Å². The molecule has 0 bridgehead atoms. The van der Waals surface area contributed by atoms with Crippen LogP contribution >= 0.6 is 11.6 Å². The minimum absolute atomic E-state index is 0.340. The molecule has 1 atom stereocenters. The number of anilines is 1. The zero-order valence-corrected chi connectivity index (χ0v) is 12.1. The summed E-state index contributed by atoms with van der Waals surface area (Å²) in [6, 6.07) is 8.79. The zero-order chi connectivity index (χ0) is 13.5. The SMILES string of the molecule is Clc1nc(N2CCN3CCCC3C2)c2ccccc2n1. The van der Waals surface area contributed by atoms with Crippen molar-refractivity contribution in [3.05, 3.63) is 29.5 Å². The van der Waals surface area contributed by atoms with Gasteiger partial charge in [-0.05, 0) is 43.1 Å². The maximum Gasteiger partial charge on any atom is 0.224 e. The molecule has 0 radical (unpaired) electrons. The molecule has 3 heterocycles. The van der Waals surface area contributed by atoms with Crippen LogP contribution in [0, 0.1) is 0 Å². The second-order valence-corrected chi connectivity index (χ2v) is 5.95. The summed E-state index contributed by atoms with van der Waals surface area (Å²) in [7, 11) is 0. The molecule has 4 rings (SSSR count). The summed E-state index contributed by atoms with van der Waals surface area (Å²) in [6.07, 6.45) is 2.62. The van der Waals surface area contributed by atoms with Crippen LogP contribution in [0.3, 0.4) is 0 Å². The quantitative estimate of drug-likeness (QED) is 0.755. The molecule has 0 spiro atoms. The first kappa shape index (κ1) is 12.4. The molecule has 1 aromatic heterocycles. The molecule has 0 amide bonds. The van der Waals surface area contributed by atoms with Gasteiger partial charge < -0.3 is 4.90 Å². The van der Waals surface area contributed by atoms with Gasteiger partial charge in [0.1, 0.15) is 5.82 Å². The lowest BCUT2D eigenvalue weighted by Gasteiger charge is -2.38. The Kier molecular flexibility index (Phi) is 3.00. The molecule has 0 aliphatic carbocycles. The fourth-order valence-electron chi connectivity index (χ4n) is 3.46. The first-order chi connectivity index (χ1) is 9.81. The lowest BCUT2D eigenvalue weighted by Crippen LogP contribution is -2.50. The maximum absolute atomic E-state index is 6.10. The highest BCUT2D eigenvalue weighted by molar-refractivity contribution is 6.28. The summed E-state index contributed by atoms with van der Waals surface area (Å²) in [4.78, 5) is 13.8. The summed E-state index contributed by atoms with van der Waals surface area (Å²) in [5, 5.41) is 1.44. The van der Waals surface area contributed by atoms with Crippen molar-refractivity contribution in [3.63, 3.8) is 0 Å². The fourth-order valence-corrected chi connectivity index (χ4v) is 3.63. The standard InChI is InChI=1S/C15H17ClN4/c16-15-17-13-6-2-1-5-12(13)14(18-15)20-9-8-19-7-3-4-11(19)10-20/h1-2,5-6,11H,3-4,7-10H2. The minimum Gasteiger partial charge on any atom is -0.353 e. The van der Waals surface area contributed by atoms with E-state index in [1.54, 1.807) is 0 Å².